The van der Waals surface area contributed by atoms with Crippen molar-refractivity contribution in [1.29, 1.82) is 0 Å². The Labute approximate surface area is 214 Å². The van der Waals surface area contributed by atoms with Crippen molar-refractivity contribution in [3.63, 3.8) is 0 Å². The Bertz CT molecular complexity index is 1500. The number of pyridine rings is 1. The highest BCUT2D eigenvalue weighted by atomic mass is 35.5. The predicted molar refractivity (Wildman–Crippen MR) is 146 cm³/mol. The van der Waals surface area contributed by atoms with Crippen LogP contribution >= 0.6 is 11.6 Å². The first-order valence-corrected chi connectivity index (χ1v) is 12.4. The number of benzene rings is 3. The van der Waals surface area contributed by atoms with Gasteiger partial charge in [-0.25, -0.2) is 9.78 Å². The normalized spacial score (nSPS) is 11.1. The molecule has 3 aromatic carbocycles. The minimum absolute atomic E-state index is 0.205. The number of urea groups is 1. The number of aromatic amines is 1. The molecule has 0 unspecified atom stereocenters. The Morgan fingerprint density at radius 3 is 2.64 bits per heavy atom. The Balaban J connectivity index is 1.39. The number of carbonyl (C=O) groups is 1. The highest BCUT2D eigenvalue weighted by Gasteiger charge is 2.18. The maximum atomic E-state index is 13.4. The van der Waals surface area contributed by atoms with E-state index in [9.17, 15) is 4.79 Å². The molecule has 2 heterocycles. The molecule has 7 heteroatoms. The molecule has 36 heavy (non-hydrogen) atoms. The van der Waals surface area contributed by atoms with Crippen molar-refractivity contribution in [2.75, 3.05) is 18.5 Å². The SMILES string of the molecule is CCOc1ccc(NC(=O)N(CCc2c[nH]c3ccccc23)Cc2cc3ccccc3nc2Cl)cc1. The van der Waals surface area contributed by atoms with Gasteiger partial charge in [-0.1, -0.05) is 48.0 Å². The van der Waals surface area contributed by atoms with E-state index in [-0.39, 0.29) is 6.03 Å². The van der Waals surface area contributed by atoms with E-state index in [4.69, 9.17) is 16.3 Å². The quantitative estimate of drug-likeness (QED) is 0.225. The molecular formula is C29H27ClN4O2. The van der Waals surface area contributed by atoms with Crippen molar-refractivity contribution in [1.82, 2.24) is 14.9 Å². The first kappa shape index (κ1) is 23.7. The number of fused-ring (bicyclic) bond motifs is 2. The predicted octanol–water partition coefficient (Wildman–Crippen LogP) is 7.05. The van der Waals surface area contributed by atoms with Crippen LogP contribution in [0.5, 0.6) is 5.75 Å². The van der Waals surface area contributed by atoms with Gasteiger partial charge in [0.05, 0.1) is 18.7 Å². The van der Waals surface area contributed by atoms with Gasteiger partial charge in [0.2, 0.25) is 0 Å². The molecule has 5 rings (SSSR count). The van der Waals surface area contributed by atoms with Gasteiger partial charge in [-0.05, 0) is 61.4 Å². The van der Waals surface area contributed by atoms with E-state index in [0.717, 1.165) is 38.7 Å². The van der Waals surface area contributed by atoms with Crippen LogP contribution in [0.1, 0.15) is 18.1 Å². The molecule has 0 atom stereocenters. The number of nitrogens with one attached hydrogen (secondary N) is 2. The molecule has 2 aromatic heterocycles. The van der Waals surface area contributed by atoms with Gasteiger partial charge < -0.3 is 19.9 Å². The van der Waals surface area contributed by atoms with Gasteiger partial charge in [-0.15, -0.1) is 0 Å². The fourth-order valence-electron chi connectivity index (χ4n) is 4.30. The molecule has 182 valence electrons. The van der Waals surface area contributed by atoms with E-state index < -0.39 is 0 Å². The number of amides is 2. The summed E-state index contributed by atoms with van der Waals surface area (Å²) in [5.74, 6) is 0.765. The monoisotopic (exact) mass is 498 g/mol. The lowest BCUT2D eigenvalue weighted by atomic mass is 10.1. The zero-order chi connectivity index (χ0) is 24.9. The molecule has 0 saturated heterocycles. The van der Waals surface area contributed by atoms with Crippen LogP contribution in [-0.2, 0) is 13.0 Å². The van der Waals surface area contributed by atoms with Gasteiger partial charge in [0.15, 0.2) is 0 Å². The summed E-state index contributed by atoms with van der Waals surface area (Å²) >= 11 is 6.55. The Morgan fingerprint density at radius 2 is 1.81 bits per heavy atom. The molecule has 2 amide bonds. The summed E-state index contributed by atoms with van der Waals surface area (Å²) in [7, 11) is 0. The van der Waals surface area contributed by atoms with Gasteiger partial charge in [-0.3, -0.25) is 0 Å². The standard InChI is InChI=1S/C29H27ClN4O2/c1-2-36-24-13-11-23(12-14-24)32-29(35)34(16-15-21-18-31-27-10-6-4-8-25(21)27)19-22-17-20-7-3-5-9-26(20)33-28(22)30/h3-14,17-18,31H,2,15-16,19H2,1H3,(H,32,35). The number of para-hydroxylation sites is 2. The van der Waals surface area contributed by atoms with Crippen LogP contribution in [0.2, 0.25) is 5.15 Å². The van der Waals surface area contributed by atoms with Gasteiger partial charge in [-0.2, -0.15) is 0 Å². The molecule has 0 aliphatic carbocycles. The zero-order valence-electron chi connectivity index (χ0n) is 20.0. The van der Waals surface area contributed by atoms with Gasteiger partial charge in [0.25, 0.3) is 0 Å². The maximum absolute atomic E-state index is 13.4. The van der Waals surface area contributed by atoms with Crippen LogP contribution < -0.4 is 10.1 Å². The average Bonchev–Trinajstić information content (AvgIpc) is 3.31. The van der Waals surface area contributed by atoms with Crippen LogP contribution in [-0.4, -0.2) is 34.1 Å². The molecule has 2 N–H and O–H groups in total. The van der Waals surface area contributed by atoms with Crippen LogP contribution in [0.4, 0.5) is 10.5 Å². The number of halogens is 1. The minimum Gasteiger partial charge on any atom is -0.494 e. The third kappa shape index (κ3) is 5.29. The van der Waals surface area contributed by atoms with Crippen molar-refractivity contribution in [3.8, 4) is 5.75 Å². The number of aromatic nitrogens is 2. The Kier molecular flexibility index (Phi) is 7.05. The van der Waals surface area contributed by atoms with Crippen molar-refractivity contribution in [2.24, 2.45) is 0 Å². The van der Waals surface area contributed by atoms with Crippen molar-refractivity contribution in [2.45, 2.75) is 19.9 Å². The number of carbonyl (C=O) groups excluding carboxylic acids is 1. The molecule has 0 bridgehead atoms. The summed E-state index contributed by atoms with van der Waals surface area (Å²) in [6.07, 6.45) is 2.71. The summed E-state index contributed by atoms with van der Waals surface area (Å²) in [5.41, 5.74) is 4.57. The molecule has 5 aromatic rings. The van der Waals surface area contributed by atoms with Crippen molar-refractivity contribution in [3.05, 3.63) is 101 Å². The first-order chi connectivity index (χ1) is 17.6. The number of rotatable bonds is 8. The topological polar surface area (TPSA) is 70.2 Å². The van der Waals surface area contributed by atoms with Crippen LogP contribution in [0.3, 0.4) is 0 Å². The van der Waals surface area contributed by atoms with E-state index in [2.05, 4.69) is 27.4 Å². The molecule has 0 aliphatic rings. The number of anilines is 1. The zero-order valence-corrected chi connectivity index (χ0v) is 20.8. The van der Waals surface area contributed by atoms with Crippen molar-refractivity contribution >= 4 is 45.1 Å². The summed E-state index contributed by atoms with van der Waals surface area (Å²) in [5, 5.41) is 5.57. The summed E-state index contributed by atoms with van der Waals surface area (Å²) < 4.78 is 5.51. The molecule has 0 saturated carbocycles. The molecular weight excluding hydrogens is 472 g/mol. The van der Waals surface area contributed by atoms with E-state index in [0.29, 0.717) is 37.0 Å². The second-order valence-electron chi connectivity index (χ2n) is 8.55. The molecule has 0 spiro atoms. The number of hydrogen-bond donors (Lipinski definition) is 2. The number of H-pyrrole nitrogens is 1. The van der Waals surface area contributed by atoms with Gasteiger partial charge in [0, 0.05) is 40.3 Å². The van der Waals surface area contributed by atoms with Crippen LogP contribution in [0.15, 0.2) is 85.1 Å². The second kappa shape index (κ2) is 10.7. The molecule has 0 aliphatic heterocycles. The highest BCUT2D eigenvalue weighted by Crippen LogP contribution is 2.24. The maximum Gasteiger partial charge on any atom is 0.322 e. The average molecular weight is 499 g/mol. The molecule has 6 nitrogen and oxygen atoms in total. The van der Waals surface area contributed by atoms with Gasteiger partial charge >= 0.3 is 6.03 Å². The van der Waals surface area contributed by atoms with E-state index in [1.165, 1.54) is 0 Å². The second-order valence-corrected chi connectivity index (χ2v) is 8.91. The highest BCUT2D eigenvalue weighted by molar-refractivity contribution is 6.30. The van der Waals surface area contributed by atoms with Crippen LogP contribution in [0.25, 0.3) is 21.8 Å². The smallest absolute Gasteiger partial charge is 0.322 e. The summed E-state index contributed by atoms with van der Waals surface area (Å²) in [6, 6.07) is 25.2. The molecule has 0 fully saturated rings. The van der Waals surface area contributed by atoms with E-state index in [1.807, 2.05) is 79.9 Å². The first-order valence-electron chi connectivity index (χ1n) is 12.0. The Morgan fingerprint density at radius 1 is 1.03 bits per heavy atom. The minimum atomic E-state index is -0.205. The Hall–Kier alpha value is -4.03. The summed E-state index contributed by atoms with van der Waals surface area (Å²) in [6.45, 7) is 3.37. The summed E-state index contributed by atoms with van der Waals surface area (Å²) in [4.78, 5) is 23.1. The fourth-order valence-corrected chi connectivity index (χ4v) is 4.51. The lowest BCUT2D eigenvalue weighted by molar-refractivity contribution is 0.210. The lowest BCUT2D eigenvalue weighted by Crippen LogP contribution is -2.36. The number of ether oxygens (including phenoxy) is 1. The number of nitrogens with zero attached hydrogens (tertiary/aromatic N) is 2. The lowest BCUT2D eigenvalue weighted by Gasteiger charge is -2.24. The number of hydrogen-bond acceptors (Lipinski definition) is 3. The largest absolute Gasteiger partial charge is 0.494 e. The fraction of sp³-hybridized carbons (Fsp3) is 0.172. The van der Waals surface area contributed by atoms with E-state index >= 15 is 0 Å². The van der Waals surface area contributed by atoms with Gasteiger partial charge in [0.1, 0.15) is 10.9 Å². The van der Waals surface area contributed by atoms with Crippen LogP contribution in [0, 0.1) is 0 Å². The van der Waals surface area contributed by atoms with E-state index in [1.54, 1.807) is 4.90 Å². The third-order valence-electron chi connectivity index (χ3n) is 6.14. The third-order valence-corrected chi connectivity index (χ3v) is 6.47. The van der Waals surface area contributed by atoms with Crippen molar-refractivity contribution < 1.29 is 9.53 Å². The molecule has 0 radical (unpaired) electrons.